The molecule has 2 aromatic carbocycles. The number of benzene rings is 2. The van der Waals surface area contributed by atoms with Crippen LogP contribution in [0, 0.1) is 6.07 Å². The fourth-order valence-corrected chi connectivity index (χ4v) is 3.43. The van der Waals surface area contributed by atoms with Crippen LogP contribution in [0.25, 0.3) is 22.0 Å². The fraction of sp³-hybridized carbons (Fsp3) is 0.346. The Labute approximate surface area is 210 Å². The molecule has 2 heterocycles. The third kappa shape index (κ3) is 6.53. The third-order valence-corrected chi connectivity index (χ3v) is 5.76. The molecule has 177 valence electrons. The zero-order valence-corrected chi connectivity index (χ0v) is 22.3. The predicted octanol–water partition coefficient (Wildman–Crippen LogP) is 4.83. The molecule has 0 bridgehead atoms. The predicted molar refractivity (Wildman–Crippen MR) is 130 cm³/mol. The van der Waals surface area contributed by atoms with E-state index in [2.05, 4.69) is 56.9 Å². The second-order valence-electron chi connectivity index (χ2n) is 9.05. The maximum Gasteiger partial charge on any atom is 0.475 e. The summed E-state index contributed by atoms with van der Waals surface area (Å²) in [6, 6.07) is 19.6. The Morgan fingerprint density at radius 2 is 1.73 bits per heavy atom. The quantitative estimate of drug-likeness (QED) is 0.248. The van der Waals surface area contributed by atoms with Gasteiger partial charge in [0.05, 0.1) is 23.1 Å². The molecule has 1 unspecified atom stereocenters. The summed E-state index contributed by atoms with van der Waals surface area (Å²) in [4.78, 5) is 4.59. The molecule has 1 radical (unpaired) electrons. The molecule has 1 aromatic heterocycles. The van der Waals surface area contributed by atoms with E-state index in [0.29, 0.717) is 0 Å². The molecule has 7 heteroatoms. The number of hydrogen-bond donors (Lipinski definition) is 2. The van der Waals surface area contributed by atoms with Gasteiger partial charge < -0.3 is 24.5 Å². The van der Waals surface area contributed by atoms with E-state index in [1.54, 1.807) is 6.92 Å². The average Bonchev–Trinajstić information content (AvgIpc) is 2.94. The molecule has 33 heavy (non-hydrogen) atoms. The number of pyridine rings is 1. The van der Waals surface area contributed by atoms with Gasteiger partial charge in [-0.15, -0.1) is 35.3 Å². The van der Waals surface area contributed by atoms with E-state index in [1.165, 1.54) is 18.4 Å². The monoisotopic (exact) mass is 625 g/mol. The standard InChI is InChI=1S/C21H21BNO2.C5H10O2.Ir/c1-20(2)21(3,4)25-22(24-20)17-10-7-9-16(14-17)19-18-11-6-5-8-15(18)12-13-23-19;1-4(6)3-5(2)7;/h5-8,10-14H,1-4H3;3-4,6-7H,1-2H3;/q-1;;/b;5-3-;. The van der Waals surface area contributed by atoms with Gasteiger partial charge >= 0.3 is 7.12 Å². The van der Waals surface area contributed by atoms with E-state index in [1.807, 2.05) is 36.5 Å². The average molecular weight is 625 g/mol. The van der Waals surface area contributed by atoms with Crippen LogP contribution in [0.1, 0.15) is 41.5 Å². The van der Waals surface area contributed by atoms with Gasteiger partial charge in [-0.25, -0.2) is 0 Å². The first-order valence-electron chi connectivity index (χ1n) is 10.8. The van der Waals surface area contributed by atoms with Crippen molar-refractivity contribution in [3.63, 3.8) is 0 Å². The molecule has 0 spiro atoms. The van der Waals surface area contributed by atoms with Crippen LogP contribution in [0.4, 0.5) is 0 Å². The Bertz CT molecular complexity index is 1090. The summed E-state index contributed by atoms with van der Waals surface area (Å²) in [5.41, 5.74) is 2.16. The van der Waals surface area contributed by atoms with Crippen molar-refractivity contribution in [1.29, 1.82) is 0 Å². The van der Waals surface area contributed by atoms with Gasteiger partial charge in [-0.05, 0) is 70.2 Å². The second kappa shape index (κ2) is 10.9. The van der Waals surface area contributed by atoms with Crippen molar-refractivity contribution in [2.45, 2.75) is 58.8 Å². The summed E-state index contributed by atoms with van der Waals surface area (Å²) in [6.07, 6.45) is 2.66. The van der Waals surface area contributed by atoms with E-state index >= 15 is 0 Å². The third-order valence-electron chi connectivity index (χ3n) is 5.76. The molecule has 1 atom stereocenters. The number of fused-ring (bicyclic) bond motifs is 1. The van der Waals surface area contributed by atoms with Gasteiger partial charge in [-0.3, -0.25) is 0 Å². The van der Waals surface area contributed by atoms with E-state index in [9.17, 15) is 0 Å². The topological polar surface area (TPSA) is 71.8 Å². The Kier molecular flexibility index (Phi) is 9.03. The van der Waals surface area contributed by atoms with E-state index < -0.39 is 6.10 Å². The van der Waals surface area contributed by atoms with Crippen molar-refractivity contribution < 1.29 is 39.6 Å². The van der Waals surface area contributed by atoms with Crippen molar-refractivity contribution in [3.05, 3.63) is 72.6 Å². The molecule has 2 N–H and O–H groups in total. The molecule has 0 amide bonds. The Balaban J connectivity index is 0.000000423. The van der Waals surface area contributed by atoms with Crippen molar-refractivity contribution >= 4 is 23.4 Å². The van der Waals surface area contributed by atoms with Crippen molar-refractivity contribution in [2.24, 2.45) is 0 Å². The van der Waals surface area contributed by atoms with Gasteiger partial charge in [0.25, 0.3) is 0 Å². The first-order valence-corrected chi connectivity index (χ1v) is 10.8. The Morgan fingerprint density at radius 1 is 1.09 bits per heavy atom. The van der Waals surface area contributed by atoms with Gasteiger partial charge in [-0.1, -0.05) is 24.3 Å². The molecular weight excluding hydrogens is 593 g/mol. The minimum absolute atomic E-state index is 0. The number of hydrogen-bond acceptors (Lipinski definition) is 5. The largest absolute Gasteiger partial charge is 0.513 e. The Hall–Kier alpha value is -2.02. The zero-order chi connectivity index (χ0) is 23.5. The summed E-state index contributed by atoms with van der Waals surface area (Å²) in [6.45, 7) is 11.4. The molecule has 5 nitrogen and oxygen atoms in total. The Morgan fingerprint density at radius 3 is 2.30 bits per heavy atom. The van der Waals surface area contributed by atoms with Crippen molar-refractivity contribution in [1.82, 2.24) is 4.98 Å². The summed E-state index contributed by atoms with van der Waals surface area (Å²) in [5, 5.41) is 19.2. The zero-order valence-electron chi connectivity index (χ0n) is 19.9. The molecular formula is C26H31BIrNO4-. The van der Waals surface area contributed by atoms with Gasteiger partial charge in [0.15, 0.2) is 0 Å². The number of rotatable bonds is 3. The summed E-state index contributed by atoms with van der Waals surface area (Å²) < 4.78 is 12.3. The molecule has 1 aliphatic rings. The van der Waals surface area contributed by atoms with Crippen LogP contribution in [0.15, 0.2) is 66.6 Å². The van der Waals surface area contributed by atoms with Crippen LogP contribution in [0.2, 0.25) is 0 Å². The SMILES string of the molecule is C/C(O)=C/C(C)O.CC1(C)OB(c2cc[c-]c(-c3nccc4ccccc34)c2)OC1(C)C.[Ir]. The van der Waals surface area contributed by atoms with Gasteiger partial charge in [0, 0.05) is 26.3 Å². The van der Waals surface area contributed by atoms with Crippen LogP contribution in [-0.2, 0) is 29.4 Å². The number of nitrogens with zero attached hydrogens (tertiary/aromatic N) is 1. The molecule has 4 rings (SSSR count). The van der Waals surface area contributed by atoms with Gasteiger partial charge in [0.2, 0.25) is 0 Å². The summed E-state index contributed by atoms with van der Waals surface area (Å²) in [5.74, 6) is 0.162. The molecule has 3 aromatic rings. The van der Waals surface area contributed by atoms with Crippen molar-refractivity contribution in [2.75, 3.05) is 0 Å². The van der Waals surface area contributed by atoms with Crippen LogP contribution in [-0.4, -0.2) is 39.6 Å². The van der Waals surface area contributed by atoms with E-state index in [0.717, 1.165) is 22.1 Å². The first kappa shape index (κ1) is 27.2. The summed E-state index contributed by atoms with van der Waals surface area (Å²) >= 11 is 0. The van der Waals surface area contributed by atoms with E-state index in [-0.39, 0.29) is 44.2 Å². The van der Waals surface area contributed by atoms with Crippen LogP contribution >= 0.6 is 0 Å². The van der Waals surface area contributed by atoms with Crippen molar-refractivity contribution in [3.8, 4) is 11.3 Å². The molecule has 1 saturated heterocycles. The second-order valence-corrected chi connectivity index (χ2v) is 9.05. The minimum Gasteiger partial charge on any atom is -0.513 e. The molecule has 0 aliphatic carbocycles. The fourth-order valence-electron chi connectivity index (χ4n) is 3.43. The minimum atomic E-state index is -0.537. The maximum atomic E-state index is 8.49. The van der Waals surface area contributed by atoms with Crippen LogP contribution in [0.3, 0.4) is 0 Å². The first-order chi connectivity index (χ1) is 15.0. The smallest absolute Gasteiger partial charge is 0.475 e. The molecule has 1 aliphatic heterocycles. The van der Waals surface area contributed by atoms with Crippen LogP contribution < -0.4 is 5.46 Å². The van der Waals surface area contributed by atoms with E-state index in [4.69, 9.17) is 19.5 Å². The number of aliphatic hydroxyl groups is 2. The number of allylic oxidation sites excluding steroid dienone is 1. The van der Waals surface area contributed by atoms with Gasteiger partial charge in [0.1, 0.15) is 0 Å². The van der Waals surface area contributed by atoms with Gasteiger partial charge in [-0.2, -0.15) is 0 Å². The number of aliphatic hydroxyl groups excluding tert-OH is 2. The molecule has 1 fully saturated rings. The van der Waals surface area contributed by atoms with Crippen LogP contribution in [0.5, 0.6) is 0 Å². The maximum absolute atomic E-state index is 8.49. The summed E-state index contributed by atoms with van der Waals surface area (Å²) in [7, 11) is -0.381. The molecule has 0 saturated carbocycles. The number of aromatic nitrogens is 1. The normalized spacial score (nSPS) is 17.7.